The lowest BCUT2D eigenvalue weighted by Gasteiger charge is -2.27. The van der Waals surface area contributed by atoms with Gasteiger partial charge in [0.25, 0.3) is 5.91 Å². The van der Waals surface area contributed by atoms with Gasteiger partial charge in [-0.25, -0.2) is 4.98 Å². The van der Waals surface area contributed by atoms with Crippen molar-refractivity contribution in [2.24, 2.45) is 0 Å². The van der Waals surface area contributed by atoms with Gasteiger partial charge in [-0.05, 0) is 36.8 Å². The summed E-state index contributed by atoms with van der Waals surface area (Å²) in [7, 11) is 1.80. The van der Waals surface area contributed by atoms with Crippen molar-refractivity contribution in [2.75, 3.05) is 44.9 Å². The first kappa shape index (κ1) is 18.2. The molecule has 6 nitrogen and oxygen atoms in total. The van der Waals surface area contributed by atoms with Gasteiger partial charge in [-0.15, -0.1) is 0 Å². The van der Waals surface area contributed by atoms with Crippen molar-refractivity contribution in [1.29, 1.82) is 0 Å². The average molecular weight is 355 g/mol. The van der Waals surface area contributed by atoms with E-state index in [-0.39, 0.29) is 5.91 Å². The predicted molar refractivity (Wildman–Crippen MR) is 101 cm³/mol. The minimum absolute atomic E-state index is 0.0417. The molecule has 0 radical (unpaired) electrons. The molecule has 1 aromatic heterocycles. The maximum Gasteiger partial charge on any atom is 0.255 e. The van der Waals surface area contributed by atoms with Crippen molar-refractivity contribution < 1.29 is 14.3 Å². The number of anilines is 1. The Morgan fingerprint density at radius 2 is 1.92 bits per heavy atom. The first-order valence-corrected chi connectivity index (χ1v) is 8.93. The summed E-state index contributed by atoms with van der Waals surface area (Å²) in [6.07, 6.45) is 1.65. The van der Waals surface area contributed by atoms with Crippen LogP contribution in [0.5, 0.6) is 5.75 Å². The van der Waals surface area contributed by atoms with Gasteiger partial charge in [-0.3, -0.25) is 4.79 Å². The molecule has 0 bridgehead atoms. The Morgan fingerprint density at radius 1 is 1.19 bits per heavy atom. The van der Waals surface area contributed by atoms with Crippen LogP contribution in [-0.2, 0) is 11.3 Å². The van der Waals surface area contributed by atoms with Crippen molar-refractivity contribution in [3.63, 3.8) is 0 Å². The summed E-state index contributed by atoms with van der Waals surface area (Å²) in [5.41, 5.74) is 1.65. The first-order chi connectivity index (χ1) is 12.7. The highest BCUT2D eigenvalue weighted by molar-refractivity contribution is 5.93. The van der Waals surface area contributed by atoms with E-state index in [0.29, 0.717) is 31.9 Å². The number of hydrogen-bond acceptors (Lipinski definition) is 5. The van der Waals surface area contributed by atoms with Crippen LogP contribution in [0.25, 0.3) is 0 Å². The van der Waals surface area contributed by atoms with Gasteiger partial charge in [-0.1, -0.05) is 12.1 Å². The highest BCUT2D eigenvalue weighted by Gasteiger charge is 2.15. The van der Waals surface area contributed by atoms with Crippen LogP contribution in [0.4, 0.5) is 5.82 Å². The summed E-state index contributed by atoms with van der Waals surface area (Å²) >= 11 is 0. The Morgan fingerprint density at radius 3 is 2.54 bits per heavy atom. The van der Waals surface area contributed by atoms with E-state index in [0.717, 1.165) is 30.2 Å². The van der Waals surface area contributed by atoms with Gasteiger partial charge < -0.3 is 19.3 Å². The second kappa shape index (κ2) is 8.67. The van der Waals surface area contributed by atoms with E-state index < -0.39 is 0 Å². The fourth-order valence-electron chi connectivity index (χ4n) is 2.92. The zero-order valence-corrected chi connectivity index (χ0v) is 15.4. The number of rotatable bonds is 6. The molecule has 0 N–H and O–H groups in total. The summed E-state index contributed by atoms with van der Waals surface area (Å²) in [5.74, 6) is 1.69. The average Bonchev–Trinajstić information content (AvgIpc) is 2.70. The van der Waals surface area contributed by atoms with Crippen LogP contribution >= 0.6 is 0 Å². The van der Waals surface area contributed by atoms with E-state index in [1.165, 1.54) is 0 Å². The molecule has 2 aromatic rings. The van der Waals surface area contributed by atoms with Crippen LogP contribution in [0, 0.1) is 0 Å². The first-order valence-electron chi connectivity index (χ1n) is 8.93. The summed E-state index contributed by atoms with van der Waals surface area (Å²) in [6, 6.07) is 11.6. The summed E-state index contributed by atoms with van der Waals surface area (Å²) in [5, 5.41) is 0. The quantitative estimate of drug-likeness (QED) is 0.797. The van der Waals surface area contributed by atoms with Crippen LogP contribution < -0.4 is 9.64 Å². The number of ether oxygens (including phenoxy) is 2. The van der Waals surface area contributed by atoms with Crippen LogP contribution in [-0.4, -0.2) is 55.7 Å². The van der Waals surface area contributed by atoms with Gasteiger partial charge in [0.15, 0.2) is 0 Å². The lowest BCUT2D eigenvalue weighted by Crippen LogP contribution is -2.36. The number of benzene rings is 1. The lowest BCUT2D eigenvalue weighted by molar-refractivity contribution is 0.0784. The van der Waals surface area contributed by atoms with Gasteiger partial charge in [0.1, 0.15) is 11.6 Å². The molecule has 3 rings (SSSR count). The summed E-state index contributed by atoms with van der Waals surface area (Å²) in [4.78, 5) is 20.9. The van der Waals surface area contributed by atoms with E-state index in [4.69, 9.17) is 9.47 Å². The van der Waals surface area contributed by atoms with Gasteiger partial charge in [-0.2, -0.15) is 0 Å². The number of pyridine rings is 1. The third-order valence-corrected chi connectivity index (χ3v) is 4.33. The van der Waals surface area contributed by atoms with Crippen LogP contribution in [0.2, 0.25) is 0 Å². The third kappa shape index (κ3) is 4.52. The van der Waals surface area contributed by atoms with Gasteiger partial charge in [0.2, 0.25) is 0 Å². The number of nitrogens with zero attached hydrogens (tertiary/aromatic N) is 3. The van der Waals surface area contributed by atoms with Gasteiger partial charge in [0.05, 0.1) is 25.4 Å². The fourth-order valence-corrected chi connectivity index (χ4v) is 2.92. The highest BCUT2D eigenvalue weighted by atomic mass is 16.5. The minimum atomic E-state index is -0.0417. The van der Waals surface area contributed by atoms with E-state index in [1.54, 1.807) is 18.1 Å². The second-order valence-corrected chi connectivity index (χ2v) is 6.24. The molecule has 1 fully saturated rings. The van der Waals surface area contributed by atoms with Crippen LogP contribution in [0.3, 0.4) is 0 Å². The maximum atomic E-state index is 12.6. The molecular formula is C20H25N3O3. The Kier molecular flexibility index (Phi) is 6.07. The standard InChI is InChI=1S/C20H25N3O3/c1-3-26-18-7-4-16(5-8-18)15-22(2)20(24)17-6-9-19(21-14-17)23-10-12-25-13-11-23/h4-9,14H,3,10-13,15H2,1-2H3. The molecule has 1 aromatic carbocycles. The maximum absolute atomic E-state index is 12.6. The predicted octanol–water partition coefficient (Wildman–Crippen LogP) is 2.59. The molecule has 0 saturated carbocycles. The Labute approximate surface area is 154 Å². The Bertz CT molecular complexity index is 710. The van der Waals surface area contributed by atoms with Gasteiger partial charge in [0, 0.05) is 32.9 Å². The highest BCUT2D eigenvalue weighted by Crippen LogP contribution is 2.16. The molecule has 0 spiro atoms. The molecule has 2 heterocycles. The van der Waals surface area contributed by atoms with Crippen molar-refractivity contribution in [2.45, 2.75) is 13.5 Å². The van der Waals surface area contributed by atoms with Crippen molar-refractivity contribution in [3.8, 4) is 5.75 Å². The third-order valence-electron chi connectivity index (χ3n) is 4.33. The molecular weight excluding hydrogens is 330 g/mol. The largest absolute Gasteiger partial charge is 0.494 e. The van der Waals surface area contributed by atoms with Crippen molar-refractivity contribution in [3.05, 3.63) is 53.7 Å². The molecule has 1 aliphatic heterocycles. The molecule has 1 aliphatic rings. The number of carbonyl (C=O) groups excluding carboxylic acids is 1. The second-order valence-electron chi connectivity index (χ2n) is 6.24. The molecule has 0 atom stereocenters. The topological polar surface area (TPSA) is 54.9 Å². The molecule has 1 amide bonds. The van der Waals surface area contributed by atoms with Crippen molar-refractivity contribution >= 4 is 11.7 Å². The summed E-state index contributed by atoms with van der Waals surface area (Å²) < 4.78 is 10.8. The fraction of sp³-hybridized carbons (Fsp3) is 0.400. The lowest BCUT2D eigenvalue weighted by atomic mass is 10.2. The molecule has 0 unspecified atom stereocenters. The van der Waals surface area contributed by atoms with Gasteiger partial charge >= 0.3 is 0 Å². The summed E-state index contributed by atoms with van der Waals surface area (Å²) in [6.45, 7) is 6.23. The molecule has 1 saturated heterocycles. The van der Waals surface area contributed by atoms with Crippen LogP contribution in [0.15, 0.2) is 42.6 Å². The number of hydrogen-bond donors (Lipinski definition) is 0. The molecule has 6 heteroatoms. The van der Waals surface area contributed by atoms with Crippen LogP contribution in [0.1, 0.15) is 22.8 Å². The minimum Gasteiger partial charge on any atom is -0.494 e. The number of carbonyl (C=O) groups is 1. The SMILES string of the molecule is CCOc1ccc(CN(C)C(=O)c2ccc(N3CCOCC3)nc2)cc1. The van der Waals surface area contributed by atoms with E-state index >= 15 is 0 Å². The molecule has 26 heavy (non-hydrogen) atoms. The Hall–Kier alpha value is -2.60. The zero-order chi connectivity index (χ0) is 18.4. The zero-order valence-electron chi connectivity index (χ0n) is 15.4. The Balaban J connectivity index is 1.60. The van der Waals surface area contributed by atoms with Crippen molar-refractivity contribution in [1.82, 2.24) is 9.88 Å². The normalized spacial score (nSPS) is 14.2. The smallest absolute Gasteiger partial charge is 0.255 e. The molecule has 0 aliphatic carbocycles. The van der Waals surface area contributed by atoms with E-state index in [1.807, 2.05) is 43.3 Å². The number of morpholine rings is 1. The number of amides is 1. The monoisotopic (exact) mass is 355 g/mol. The van der Waals surface area contributed by atoms with E-state index in [9.17, 15) is 4.79 Å². The number of aromatic nitrogens is 1. The van der Waals surface area contributed by atoms with E-state index in [2.05, 4.69) is 9.88 Å². The molecule has 138 valence electrons.